The minimum Gasteiger partial charge on any atom is -0.478 e. The van der Waals surface area contributed by atoms with Gasteiger partial charge in [0.2, 0.25) is 0 Å². The van der Waals surface area contributed by atoms with Gasteiger partial charge in [0.1, 0.15) is 11.4 Å². The number of aromatic amines is 1. The Morgan fingerprint density at radius 2 is 2.31 bits per heavy atom. The molecule has 0 amide bonds. The van der Waals surface area contributed by atoms with Gasteiger partial charge in [0.25, 0.3) is 0 Å². The van der Waals surface area contributed by atoms with Gasteiger partial charge in [-0.1, -0.05) is 0 Å². The number of imidazole rings is 1. The first-order valence-electron chi connectivity index (χ1n) is 3.56. The molecule has 2 N–H and O–H groups in total. The van der Waals surface area contributed by atoms with Gasteiger partial charge in [0, 0.05) is 12.4 Å². The third kappa shape index (κ3) is 2.26. The van der Waals surface area contributed by atoms with Crippen LogP contribution in [-0.4, -0.2) is 26.8 Å². The highest BCUT2D eigenvalue weighted by molar-refractivity contribution is 6.18. The third-order valence-corrected chi connectivity index (χ3v) is 1.41. The van der Waals surface area contributed by atoms with Crippen LogP contribution in [0.25, 0.3) is 6.08 Å². The summed E-state index contributed by atoms with van der Waals surface area (Å²) in [6.45, 7) is 1.20. The standard InChI is InChI=1S/C8H8N2O3/c1-5(11)6(8(12)13)4-7-9-2-3-10-7/h2-4H,1H3,(H,9,10)(H,12,13)/b6-4-. The van der Waals surface area contributed by atoms with Gasteiger partial charge in [-0.15, -0.1) is 0 Å². The number of H-pyrrole nitrogens is 1. The van der Waals surface area contributed by atoms with Crippen molar-refractivity contribution in [1.29, 1.82) is 0 Å². The van der Waals surface area contributed by atoms with E-state index in [9.17, 15) is 9.59 Å². The van der Waals surface area contributed by atoms with E-state index in [0.717, 1.165) is 0 Å². The van der Waals surface area contributed by atoms with Crippen molar-refractivity contribution in [2.45, 2.75) is 6.92 Å². The van der Waals surface area contributed by atoms with Gasteiger partial charge < -0.3 is 10.1 Å². The molecule has 0 unspecified atom stereocenters. The molecule has 0 saturated heterocycles. The molecule has 1 aromatic heterocycles. The van der Waals surface area contributed by atoms with Crippen molar-refractivity contribution in [3.8, 4) is 0 Å². The molecule has 0 aliphatic heterocycles. The Morgan fingerprint density at radius 3 is 2.69 bits per heavy atom. The van der Waals surface area contributed by atoms with Crippen molar-refractivity contribution >= 4 is 17.8 Å². The van der Waals surface area contributed by atoms with E-state index in [1.807, 2.05) is 0 Å². The van der Waals surface area contributed by atoms with E-state index in [1.54, 1.807) is 6.20 Å². The lowest BCUT2D eigenvalue weighted by atomic mass is 10.2. The summed E-state index contributed by atoms with van der Waals surface area (Å²) < 4.78 is 0. The lowest BCUT2D eigenvalue weighted by Crippen LogP contribution is -2.08. The smallest absolute Gasteiger partial charge is 0.339 e. The van der Waals surface area contributed by atoms with Crippen molar-refractivity contribution < 1.29 is 14.7 Å². The predicted molar refractivity (Wildman–Crippen MR) is 44.9 cm³/mol. The summed E-state index contributed by atoms with van der Waals surface area (Å²) in [6, 6.07) is 0. The zero-order valence-electron chi connectivity index (χ0n) is 6.94. The number of carboxylic acids is 1. The summed E-state index contributed by atoms with van der Waals surface area (Å²) in [4.78, 5) is 27.8. The fourth-order valence-electron chi connectivity index (χ4n) is 0.807. The molecule has 0 bridgehead atoms. The molecule has 1 heterocycles. The minimum atomic E-state index is -1.25. The van der Waals surface area contributed by atoms with Gasteiger partial charge in [0.15, 0.2) is 5.78 Å². The van der Waals surface area contributed by atoms with Crippen LogP contribution in [0.1, 0.15) is 12.7 Å². The molecular weight excluding hydrogens is 172 g/mol. The van der Waals surface area contributed by atoms with Crippen molar-refractivity contribution in [2.75, 3.05) is 0 Å². The number of carbonyl (C=O) groups excluding carboxylic acids is 1. The van der Waals surface area contributed by atoms with Crippen LogP contribution in [0.2, 0.25) is 0 Å². The van der Waals surface area contributed by atoms with Crippen LogP contribution in [0.5, 0.6) is 0 Å². The van der Waals surface area contributed by atoms with E-state index in [2.05, 4.69) is 9.97 Å². The Morgan fingerprint density at radius 1 is 1.62 bits per heavy atom. The van der Waals surface area contributed by atoms with Crippen LogP contribution in [0.3, 0.4) is 0 Å². The lowest BCUT2D eigenvalue weighted by molar-refractivity contribution is -0.134. The first-order chi connectivity index (χ1) is 6.11. The van der Waals surface area contributed by atoms with Crippen LogP contribution in [0, 0.1) is 0 Å². The summed E-state index contributed by atoms with van der Waals surface area (Å²) in [6.07, 6.45) is 4.22. The lowest BCUT2D eigenvalue weighted by Gasteiger charge is -1.93. The molecule has 13 heavy (non-hydrogen) atoms. The van der Waals surface area contributed by atoms with Gasteiger partial charge in [0.05, 0.1) is 0 Å². The fraction of sp³-hybridized carbons (Fsp3) is 0.125. The molecule has 0 radical (unpaired) electrons. The van der Waals surface area contributed by atoms with Gasteiger partial charge in [-0.05, 0) is 13.0 Å². The van der Waals surface area contributed by atoms with E-state index >= 15 is 0 Å². The highest BCUT2D eigenvalue weighted by atomic mass is 16.4. The first kappa shape index (κ1) is 9.18. The number of carbonyl (C=O) groups is 2. The Hall–Kier alpha value is -1.91. The Bertz CT molecular complexity index is 335. The second kappa shape index (κ2) is 3.66. The summed E-state index contributed by atoms with van der Waals surface area (Å²) >= 11 is 0. The number of aromatic nitrogens is 2. The number of nitrogens with one attached hydrogen (secondary N) is 1. The Balaban J connectivity index is 3.01. The number of aliphatic carboxylic acids is 1. The maximum Gasteiger partial charge on any atom is 0.339 e. The molecule has 5 heteroatoms. The first-order valence-corrected chi connectivity index (χ1v) is 3.56. The van der Waals surface area contributed by atoms with Gasteiger partial charge in [-0.25, -0.2) is 9.78 Å². The summed E-state index contributed by atoms with van der Waals surface area (Å²) in [5.74, 6) is -1.39. The van der Waals surface area contributed by atoms with Gasteiger partial charge >= 0.3 is 5.97 Å². The number of hydrogen-bond acceptors (Lipinski definition) is 3. The normalized spacial score (nSPS) is 11.3. The molecule has 0 aromatic carbocycles. The van der Waals surface area contributed by atoms with Crippen LogP contribution >= 0.6 is 0 Å². The quantitative estimate of drug-likeness (QED) is 0.402. The average Bonchev–Trinajstić information content (AvgIpc) is 2.50. The number of rotatable bonds is 3. The average molecular weight is 180 g/mol. The summed E-state index contributed by atoms with van der Waals surface area (Å²) in [7, 11) is 0. The molecular formula is C8H8N2O3. The maximum absolute atomic E-state index is 10.8. The van der Waals surface area contributed by atoms with Crippen LogP contribution in [0.15, 0.2) is 18.0 Å². The molecule has 1 aromatic rings. The van der Waals surface area contributed by atoms with E-state index in [-0.39, 0.29) is 5.57 Å². The second-order valence-electron chi connectivity index (χ2n) is 2.39. The zero-order valence-corrected chi connectivity index (χ0v) is 6.94. The van der Waals surface area contributed by atoms with Crippen molar-refractivity contribution in [1.82, 2.24) is 9.97 Å². The Kier molecular flexibility index (Phi) is 2.59. The number of nitrogens with zero attached hydrogens (tertiary/aromatic N) is 1. The molecule has 1 rings (SSSR count). The van der Waals surface area contributed by atoms with E-state index < -0.39 is 11.8 Å². The van der Waals surface area contributed by atoms with E-state index in [4.69, 9.17) is 5.11 Å². The number of ketones is 1. The van der Waals surface area contributed by atoms with E-state index in [1.165, 1.54) is 19.2 Å². The maximum atomic E-state index is 10.8. The van der Waals surface area contributed by atoms with Crippen LogP contribution < -0.4 is 0 Å². The number of hydrogen-bond donors (Lipinski definition) is 2. The minimum absolute atomic E-state index is 0.282. The largest absolute Gasteiger partial charge is 0.478 e. The molecule has 0 aliphatic carbocycles. The number of Topliss-reactive ketones (excluding diaryl/α,β-unsaturated/α-hetero) is 1. The SMILES string of the molecule is CC(=O)/C(=C/c1ncc[nH]1)C(=O)O. The Labute approximate surface area is 74.1 Å². The predicted octanol–water partition coefficient (Wildman–Crippen LogP) is 0.467. The van der Waals surface area contributed by atoms with Gasteiger partial charge in [-0.3, -0.25) is 4.79 Å². The van der Waals surface area contributed by atoms with Crippen LogP contribution in [0.4, 0.5) is 0 Å². The third-order valence-electron chi connectivity index (χ3n) is 1.41. The molecule has 0 spiro atoms. The van der Waals surface area contributed by atoms with Crippen molar-refractivity contribution in [3.05, 3.63) is 23.8 Å². The number of carboxylic acid groups (broad SMARTS) is 1. The molecule has 0 aliphatic rings. The topological polar surface area (TPSA) is 83.0 Å². The highest BCUT2D eigenvalue weighted by Gasteiger charge is 2.12. The van der Waals surface area contributed by atoms with Gasteiger partial charge in [-0.2, -0.15) is 0 Å². The molecule has 5 nitrogen and oxygen atoms in total. The fourth-order valence-corrected chi connectivity index (χ4v) is 0.807. The molecule has 0 saturated carbocycles. The summed E-state index contributed by atoms with van der Waals surface area (Å²) in [5, 5.41) is 8.61. The molecule has 68 valence electrons. The van der Waals surface area contributed by atoms with Crippen molar-refractivity contribution in [2.24, 2.45) is 0 Å². The summed E-state index contributed by atoms with van der Waals surface area (Å²) in [5.41, 5.74) is -0.282. The van der Waals surface area contributed by atoms with Crippen LogP contribution in [-0.2, 0) is 9.59 Å². The second-order valence-corrected chi connectivity index (χ2v) is 2.39. The molecule has 0 fully saturated rings. The highest BCUT2D eigenvalue weighted by Crippen LogP contribution is 2.02. The monoisotopic (exact) mass is 180 g/mol. The van der Waals surface area contributed by atoms with Crippen molar-refractivity contribution in [3.63, 3.8) is 0 Å². The zero-order chi connectivity index (χ0) is 9.84. The van der Waals surface area contributed by atoms with E-state index in [0.29, 0.717) is 5.82 Å². The molecule has 0 atom stereocenters.